The molecule has 3 rings (SSSR count). The van der Waals surface area contributed by atoms with Gasteiger partial charge in [0.25, 0.3) is 0 Å². The van der Waals surface area contributed by atoms with Crippen molar-refractivity contribution in [2.75, 3.05) is 33.2 Å². The van der Waals surface area contributed by atoms with Gasteiger partial charge < -0.3 is 4.90 Å². The van der Waals surface area contributed by atoms with E-state index in [0.29, 0.717) is 0 Å². The van der Waals surface area contributed by atoms with Crippen molar-refractivity contribution in [3.8, 4) is 0 Å². The van der Waals surface area contributed by atoms with Gasteiger partial charge in [-0.3, -0.25) is 4.90 Å². The van der Waals surface area contributed by atoms with Gasteiger partial charge in [0.15, 0.2) is 0 Å². The molecular weight excluding hydrogens is 208 g/mol. The first-order chi connectivity index (χ1) is 8.11. The zero-order chi connectivity index (χ0) is 12.0. The van der Waals surface area contributed by atoms with E-state index >= 15 is 0 Å². The monoisotopic (exact) mass is 236 g/mol. The summed E-state index contributed by atoms with van der Waals surface area (Å²) in [5.41, 5.74) is 0.727. The smallest absolute Gasteiger partial charge is 0.0153 e. The topological polar surface area (TPSA) is 6.48 Å². The molecule has 3 aliphatic rings. The molecule has 98 valence electrons. The van der Waals surface area contributed by atoms with Gasteiger partial charge in [-0.2, -0.15) is 0 Å². The lowest BCUT2D eigenvalue weighted by Gasteiger charge is -2.46. The number of hydrogen-bond donors (Lipinski definition) is 0. The Hall–Kier alpha value is -0.0800. The molecule has 2 saturated heterocycles. The van der Waals surface area contributed by atoms with Crippen LogP contribution in [0.3, 0.4) is 0 Å². The molecule has 3 fully saturated rings. The lowest BCUT2D eigenvalue weighted by molar-refractivity contribution is 0.0371. The fourth-order valence-corrected chi connectivity index (χ4v) is 4.19. The van der Waals surface area contributed by atoms with Crippen LogP contribution in [-0.4, -0.2) is 49.1 Å². The molecule has 0 N–H and O–H groups in total. The first-order valence-electron chi connectivity index (χ1n) is 7.54. The standard InChI is InChI=1S/C15H28N2/c1-12-13(2)14(12)17-10-6-15(7-11-17)4-8-16(3)9-5-15/h12-14H,4-11H2,1-3H3. The molecule has 0 aromatic carbocycles. The fraction of sp³-hybridized carbons (Fsp3) is 1.00. The number of nitrogens with zero attached hydrogens (tertiary/aromatic N) is 2. The number of hydrogen-bond acceptors (Lipinski definition) is 2. The van der Waals surface area contributed by atoms with E-state index in [-0.39, 0.29) is 0 Å². The van der Waals surface area contributed by atoms with Crippen LogP contribution in [0.5, 0.6) is 0 Å². The van der Waals surface area contributed by atoms with Gasteiger partial charge in [0.2, 0.25) is 0 Å². The van der Waals surface area contributed by atoms with Gasteiger partial charge in [-0.25, -0.2) is 0 Å². The van der Waals surface area contributed by atoms with Crippen LogP contribution in [0.15, 0.2) is 0 Å². The lowest BCUT2D eigenvalue weighted by Crippen LogP contribution is -2.46. The molecule has 0 aromatic rings. The van der Waals surface area contributed by atoms with E-state index in [1.165, 1.54) is 51.9 Å². The van der Waals surface area contributed by atoms with Crippen molar-refractivity contribution >= 4 is 0 Å². The van der Waals surface area contributed by atoms with Crippen molar-refractivity contribution in [2.45, 2.75) is 45.6 Å². The van der Waals surface area contributed by atoms with Crippen LogP contribution in [0.4, 0.5) is 0 Å². The van der Waals surface area contributed by atoms with Crippen LogP contribution < -0.4 is 0 Å². The Morgan fingerprint density at radius 3 is 1.76 bits per heavy atom. The third kappa shape index (κ3) is 2.15. The molecule has 2 unspecified atom stereocenters. The van der Waals surface area contributed by atoms with Crippen LogP contribution in [0.2, 0.25) is 0 Å². The second-order valence-electron chi connectivity index (χ2n) is 7.05. The Balaban J connectivity index is 1.54. The van der Waals surface area contributed by atoms with E-state index < -0.39 is 0 Å². The van der Waals surface area contributed by atoms with Gasteiger partial charge in [-0.05, 0) is 76.2 Å². The average molecular weight is 236 g/mol. The van der Waals surface area contributed by atoms with Gasteiger partial charge in [0.1, 0.15) is 0 Å². The summed E-state index contributed by atoms with van der Waals surface area (Å²) in [5.74, 6) is 1.92. The molecule has 2 nitrogen and oxygen atoms in total. The largest absolute Gasteiger partial charge is 0.306 e. The second-order valence-corrected chi connectivity index (χ2v) is 7.05. The third-order valence-corrected chi connectivity index (χ3v) is 6.09. The third-order valence-electron chi connectivity index (χ3n) is 6.09. The minimum absolute atomic E-state index is 0.727. The molecular formula is C15H28N2. The summed E-state index contributed by atoms with van der Waals surface area (Å²) >= 11 is 0. The first kappa shape index (κ1) is 12.0. The van der Waals surface area contributed by atoms with Crippen LogP contribution in [-0.2, 0) is 0 Å². The summed E-state index contributed by atoms with van der Waals surface area (Å²) < 4.78 is 0. The van der Waals surface area contributed by atoms with Gasteiger partial charge >= 0.3 is 0 Å². The van der Waals surface area contributed by atoms with E-state index in [1.54, 1.807) is 0 Å². The molecule has 1 spiro atoms. The molecule has 2 heterocycles. The zero-order valence-corrected chi connectivity index (χ0v) is 11.8. The maximum atomic E-state index is 2.79. The Bertz CT molecular complexity index is 263. The Morgan fingerprint density at radius 2 is 1.29 bits per heavy atom. The zero-order valence-electron chi connectivity index (χ0n) is 11.8. The van der Waals surface area contributed by atoms with Crippen molar-refractivity contribution < 1.29 is 0 Å². The molecule has 0 radical (unpaired) electrons. The van der Waals surface area contributed by atoms with Gasteiger partial charge in [0.05, 0.1) is 0 Å². The quantitative estimate of drug-likeness (QED) is 0.690. The summed E-state index contributed by atoms with van der Waals surface area (Å²) in [6.07, 6.45) is 5.84. The van der Waals surface area contributed by atoms with E-state index in [9.17, 15) is 0 Å². The summed E-state index contributed by atoms with van der Waals surface area (Å²) in [4.78, 5) is 5.29. The molecule has 2 atom stereocenters. The molecule has 1 aliphatic carbocycles. The highest BCUT2D eigenvalue weighted by molar-refractivity contribution is 5.02. The molecule has 0 amide bonds. The molecule has 0 aromatic heterocycles. The predicted octanol–water partition coefficient (Wildman–Crippen LogP) is 2.45. The number of likely N-dealkylation sites (tertiary alicyclic amines) is 2. The maximum absolute atomic E-state index is 2.79. The van der Waals surface area contributed by atoms with Crippen molar-refractivity contribution in [1.82, 2.24) is 9.80 Å². The SMILES string of the molecule is CC1C(C)C1N1CCC2(CCN(C)CC2)CC1. The second kappa shape index (κ2) is 4.24. The predicted molar refractivity (Wildman–Crippen MR) is 72.1 cm³/mol. The molecule has 1 saturated carbocycles. The minimum Gasteiger partial charge on any atom is -0.306 e. The highest BCUT2D eigenvalue weighted by Crippen LogP contribution is 2.47. The lowest BCUT2D eigenvalue weighted by atomic mass is 9.71. The highest BCUT2D eigenvalue weighted by Gasteiger charge is 2.49. The molecule has 17 heavy (non-hydrogen) atoms. The Labute approximate surface area is 106 Å². The van der Waals surface area contributed by atoms with Crippen LogP contribution >= 0.6 is 0 Å². The number of piperidine rings is 2. The van der Waals surface area contributed by atoms with E-state index in [2.05, 4.69) is 30.7 Å². The summed E-state index contributed by atoms with van der Waals surface area (Å²) in [6.45, 7) is 10.3. The summed E-state index contributed by atoms with van der Waals surface area (Å²) in [6, 6.07) is 0.929. The van der Waals surface area contributed by atoms with Crippen molar-refractivity contribution in [2.24, 2.45) is 17.3 Å². The minimum atomic E-state index is 0.727. The summed E-state index contributed by atoms with van der Waals surface area (Å²) in [7, 11) is 2.27. The molecule has 2 aliphatic heterocycles. The maximum Gasteiger partial charge on any atom is 0.0153 e. The van der Waals surface area contributed by atoms with Crippen LogP contribution in [0.25, 0.3) is 0 Å². The number of rotatable bonds is 1. The summed E-state index contributed by atoms with van der Waals surface area (Å²) in [5, 5.41) is 0. The van der Waals surface area contributed by atoms with E-state index in [1.807, 2.05) is 0 Å². The van der Waals surface area contributed by atoms with Crippen molar-refractivity contribution in [3.05, 3.63) is 0 Å². The van der Waals surface area contributed by atoms with Crippen LogP contribution in [0.1, 0.15) is 39.5 Å². The molecule has 0 bridgehead atoms. The van der Waals surface area contributed by atoms with Crippen LogP contribution in [0, 0.1) is 17.3 Å². The van der Waals surface area contributed by atoms with E-state index in [4.69, 9.17) is 0 Å². The first-order valence-corrected chi connectivity index (χ1v) is 7.54. The van der Waals surface area contributed by atoms with Gasteiger partial charge in [-0.15, -0.1) is 0 Å². The van der Waals surface area contributed by atoms with Crippen molar-refractivity contribution in [1.29, 1.82) is 0 Å². The van der Waals surface area contributed by atoms with Gasteiger partial charge in [0, 0.05) is 6.04 Å². The average Bonchev–Trinajstić information content (AvgIpc) is 2.93. The highest BCUT2D eigenvalue weighted by atomic mass is 15.2. The Morgan fingerprint density at radius 1 is 0.824 bits per heavy atom. The van der Waals surface area contributed by atoms with Crippen molar-refractivity contribution in [3.63, 3.8) is 0 Å². The normalized spacial score (nSPS) is 42.9. The van der Waals surface area contributed by atoms with Gasteiger partial charge in [-0.1, -0.05) is 13.8 Å². The Kier molecular flexibility index (Phi) is 2.99. The fourth-order valence-electron chi connectivity index (χ4n) is 4.19. The molecule has 2 heteroatoms. The van der Waals surface area contributed by atoms with E-state index in [0.717, 1.165) is 23.3 Å².